The second kappa shape index (κ2) is 1.47. The minimum absolute atomic E-state index is 1.41. The first-order chi connectivity index (χ1) is 2.00. The number of hydrogen-bond donors (Lipinski definition) is 0. The molecule has 0 aliphatic rings. The largest absolute Gasteiger partial charge is 0.288 e. The summed E-state index contributed by atoms with van der Waals surface area (Å²) in [6.07, 6.45) is 2.82. The van der Waals surface area contributed by atoms with Gasteiger partial charge >= 0.3 is 0 Å². The van der Waals surface area contributed by atoms with E-state index in [2.05, 4.69) is 0 Å². The molecular weight excluding hydrogens is 72.1 g/mol. The minimum atomic E-state index is -2.39. The highest BCUT2D eigenvalue weighted by Crippen LogP contribution is 1.47. The molecule has 0 aliphatic heterocycles. The Morgan fingerprint density at radius 2 is 2.00 bits per heavy atom. The fourth-order valence-corrected chi connectivity index (χ4v) is 0. The average molecular weight is 81.2 g/mol. The minimum Gasteiger partial charge on any atom is -0.288 e. The summed E-state index contributed by atoms with van der Waals surface area (Å²) in [7, 11) is -2.39. The molecular formula is C2H8OS. The van der Waals surface area contributed by atoms with E-state index >= 15 is 0 Å². The lowest BCUT2D eigenvalue weighted by atomic mass is 11.9. The van der Waals surface area contributed by atoms with Gasteiger partial charge in [-0.25, -0.2) is 0 Å². The van der Waals surface area contributed by atoms with Crippen molar-refractivity contribution < 1.29 is 4.21 Å². The molecule has 0 unspecified atom stereocenters. The molecule has 28 valence electrons. The van der Waals surface area contributed by atoms with E-state index in [-0.39, 0.29) is 0 Å². The predicted molar refractivity (Wildman–Crippen MR) is 22.8 cm³/mol. The Morgan fingerprint density at radius 1 is 2.00 bits per heavy atom. The van der Waals surface area contributed by atoms with E-state index in [0.717, 1.165) is 0 Å². The van der Waals surface area contributed by atoms with Gasteiger partial charge in [0.05, 0.1) is 0 Å². The molecule has 1 nitrogen and oxygen atoms in total. The maximum absolute atomic E-state index is 9.88. The first-order valence-corrected chi connectivity index (χ1v) is 3.23. The van der Waals surface area contributed by atoms with Crippen molar-refractivity contribution >= 4 is 10.7 Å². The molecule has 0 heterocycles. The Bertz CT molecular complexity index is 55.8. The van der Waals surface area contributed by atoms with Crippen molar-refractivity contribution in [3.05, 3.63) is 0 Å². The maximum Gasteiger partial charge on any atom is 0.112 e. The number of hydrogen-bond acceptors (Lipinski definition) is 1. The van der Waals surface area contributed by atoms with E-state index in [0.29, 0.717) is 0 Å². The van der Waals surface area contributed by atoms with Gasteiger partial charge in [0.1, 0.15) is 1.12 Å². The Morgan fingerprint density at radius 3 is 2.00 bits per heavy atom. The van der Waals surface area contributed by atoms with Crippen LogP contribution in [0.15, 0.2) is 0 Å². The van der Waals surface area contributed by atoms with Crippen molar-refractivity contribution in [1.29, 1.82) is 1.12 Å². The molecule has 0 bridgehead atoms. The summed E-state index contributed by atoms with van der Waals surface area (Å²) in [5.74, 6) is 0. The fraction of sp³-hybridized carbons (Fsp3) is 1.00. The van der Waals surface area contributed by atoms with Gasteiger partial charge in [-0.3, -0.25) is 4.21 Å². The van der Waals surface area contributed by atoms with E-state index in [4.69, 9.17) is 1.12 Å². The van der Waals surface area contributed by atoms with Crippen LogP contribution in [0.4, 0.5) is 0 Å². The quantitative estimate of drug-likeness (QED) is 0.383. The van der Waals surface area contributed by atoms with Gasteiger partial charge in [-0.1, -0.05) is 0 Å². The predicted octanol–water partition coefficient (Wildman–Crippen LogP) is -0.541. The van der Waals surface area contributed by atoms with Gasteiger partial charge < -0.3 is 0 Å². The van der Waals surface area contributed by atoms with Crippen LogP contribution in [0.2, 0.25) is 0 Å². The summed E-state index contributed by atoms with van der Waals surface area (Å²) in [4.78, 5) is 0. The van der Waals surface area contributed by atoms with Crippen molar-refractivity contribution in [2.75, 3.05) is 12.5 Å². The molecule has 4 heavy (non-hydrogen) atoms. The summed E-state index contributed by atoms with van der Waals surface area (Å²) in [5, 5.41) is 0. The maximum atomic E-state index is 9.88. The molecule has 0 saturated heterocycles. The van der Waals surface area contributed by atoms with Crippen molar-refractivity contribution in [2.24, 2.45) is 0 Å². The molecule has 0 aliphatic carbocycles. The van der Waals surface area contributed by atoms with Crippen molar-refractivity contribution in [2.45, 2.75) is 0 Å². The first kappa shape index (κ1) is 2.39. The van der Waals surface area contributed by atoms with Gasteiger partial charge in [-0.15, -0.1) is 10.7 Å². The van der Waals surface area contributed by atoms with Crippen LogP contribution >= 0.6 is 0 Å². The molecule has 0 amide bonds. The summed E-state index contributed by atoms with van der Waals surface area (Å²) in [5.41, 5.74) is 0. The van der Waals surface area contributed by atoms with Crippen LogP contribution in [0.5, 0.6) is 0 Å². The molecule has 0 saturated carbocycles. The van der Waals surface area contributed by atoms with Gasteiger partial charge in [0, 0.05) is 0 Å². The van der Waals surface area contributed by atoms with E-state index < -0.39 is 10.7 Å². The standard InChI is InChI=1S/C2H8OS/c1-4(2)3/h4H2,1-2H3/i4D. The zero-order valence-electron chi connectivity index (χ0n) is 3.86. The summed E-state index contributed by atoms with van der Waals surface area (Å²) >= 11 is 0. The second-order valence-electron chi connectivity index (χ2n) is 0.812. The van der Waals surface area contributed by atoms with Gasteiger partial charge in [-0.05, 0) is 12.5 Å². The van der Waals surface area contributed by atoms with Gasteiger partial charge in [0.2, 0.25) is 0 Å². The smallest absolute Gasteiger partial charge is 0.112 e. The Labute approximate surface area is 29.6 Å². The van der Waals surface area contributed by atoms with E-state index in [1.807, 2.05) is 0 Å². The van der Waals surface area contributed by atoms with E-state index in [1.54, 1.807) is 0 Å². The summed E-state index contributed by atoms with van der Waals surface area (Å²) in [6, 6.07) is 0. The third kappa shape index (κ3) is 126. The van der Waals surface area contributed by atoms with Gasteiger partial charge in [0.15, 0.2) is 0 Å². The fourth-order valence-electron chi connectivity index (χ4n) is 0. The molecule has 0 rings (SSSR count). The molecule has 0 radical (unpaired) electrons. The van der Waals surface area contributed by atoms with Crippen LogP contribution in [0.3, 0.4) is 0 Å². The first-order valence-electron chi connectivity index (χ1n) is 1.52. The van der Waals surface area contributed by atoms with Crippen LogP contribution in [0.25, 0.3) is 0 Å². The molecule has 0 spiro atoms. The lowest BCUT2D eigenvalue weighted by molar-refractivity contribution is 0.690. The Kier molecular flexibility index (Phi) is 0.877. The van der Waals surface area contributed by atoms with Gasteiger partial charge in [0.25, 0.3) is 0 Å². The molecule has 0 aromatic heterocycles. The highest BCUT2D eigenvalue weighted by atomic mass is 32.2. The van der Waals surface area contributed by atoms with Crippen LogP contribution in [0.1, 0.15) is 0 Å². The highest BCUT2D eigenvalue weighted by molar-refractivity contribution is 7.83. The third-order valence-corrected chi connectivity index (χ3v) is 0. The van der Waals surface area contributed by atoms with Crippen molar-refractivity contribution in [1.82, 2.24) is 0 Å². The van der Waals surface area contributed by atoms with Crippen molar-refractivity contribution in [3.63, 3.8) is 0 Å². The number of rotatable bonds is 0. The zero-order chi connectivity index (χ0) is 4.50. The second-order valence-corrected chi connectivity index (χ2v) is 2.44. The van der Waals surface area contributed by atoms with Crippen LogP contribution in [-0.2, 0) is 10.7 Å². The Balaban J connectivity index is 3.47. The molecule has 2 heteroatoms. The monoisotopic (exact) mass is 81.0 g/mol. The SMILES string of the molecule is [2H][SH](C)(C)=O. The normalized spacial score (nSPS) is 19.0. The topological polar surface area (TPSA) is 17.1 Å². The van der Waals surface area contributed by atoms with E-state index in [1.165, 1.54) is 12.5 Å². The molecule has 0 atom stereocenters. The molecule has 0 aromatic rings. The highest BCUT2D eigenvalue weighted by Gasteiger charge is 1.49. The van der Waals surface area contributed by atoms with E-state index in [9.17, 15) is 4.21 Å². The molecule has 0 N–H and O–H groups in total. The van der Waals surface area contributed by atoms with Crippen LogP contribution in [-0.4, -0.2) is 17.8 Å². The summed E-state index contributed by atoms with van der Waals surface area (Å²) in [6.45, 7) is 0. The molecule has 0 aromatic carbocycles. The average Bonchev–Trinajstić information content (AvgIpc) is 0.722. The zero-order valence-corrected chi connectivity index (χ0v) is 3.75. The lowest BCUT2D eigenvalue weighted by Gasteiger charge is -1.68. The van der Waals surface area contributed by atoms with Crippen LogP contribution in [0, 0.1) is 0 Å². The Hall–Kier alpha value is 0.150. The van der Waals surface area contributed by atoms with Crippen LogP contribution < -0.4 is 0 Å². The van der Waals surface area contributed by atoms with Crippen molar-refractivity contribution in [3.8, 4) is 0 Å². The molecule has 0 fully saturated rings. The third-order valence-electron chi connectivity index (χ3n) is 0. The van der Waals surface area contributed by atoms with Gasteiger partial charge in [-0.2, -0.15) is 0 Å². The lowest BCUT2D eigenvalue weighted by Crippen LogP contribution is -1.70. The summed E-state index contributed by atoms with van der Waals surface area (Å²) < 4.78 is 16.4.